The van der Waals surface area contributed by atoms with E-state index in [0.717, 1.165) is 71.9 Å². The molecule has 6 heteroatoms. The molecule has 71 heavy (non-hydrogen) atoms. The van der Waals surface area contributed by atoms with Crippen LogP contribution >= 0.6 is 0 Å². The van der Waals surface area contributed by atoms with Gasteiger partial charge in [-0.2, -0.15) is 5.26 Å². The molecular weight excluding hydrogens is 1040 g/mol. The first-order chi connectivity index (χ1) is 32.5. The van der Waals surface area contributed by atoms with Gasteiger partial charge < -0.3 is 19.0 Å². The molecular formula is C65H72IrN4O-2. The van der Waals surface area contributed by atoms with Gasteiger partial charge in [-0.25, -0.2) is 0 Å². The maximum absolute atomic E-state index is 10.7. The summed E-state index contributed by atoms with van der Waals surface area (Å²) in [4.78, 5) is 9.44. The summed E-state index contributed by atoms with van der Waals surface area (Å²) < 4.78 is 9.40. The Kier molecular flexibility index (Phi) is 13.9. The van der Waals surface area contributed by atoms with Crippen molar-refractivity contribution >= 4 is 43.7 Å². The quantitative estimate of drug-likeness (QED) is 0.165. The van der Waals surface area contributed by atoms with E-state index in [-0.39, 0.29) is 52.6 Å². The number of hydrogen-bond acceptors (Lipinski definition) is 4. The summed E-state index contributed by atoms with van der Waals surface area (Å²) >= 11 is 0. The van der Waals surface area contributed by atoms with E-state index in [0.29, 0.717) is 11.1 Å². The molecule has 0 spiro atoms. The zero-order valence-electron chi connectivity index (χ0n) is 45.4. The van der Waals surface area contributed by atoms with Crippen molar-refractivity contribution in [1.82, 2.24) is 14.5 Å². The number of aromatic nitrogens is 3. The maximum Gasteiger partial charge on any atom is 0.146 e. The van der Waals surface area contributed by atoms with Gasteiger partial charge in [0.15, 0.2) is 0 Å². The van der Waals surface area contributed by atoms with E-state index < -0.39 is 0 Å². The third kappa shape index (κ3) is 10.4. The van der Waals surface area contributed by atoms with Crippen molar-refractivity contribution in [3.8, 4) is 34.3 Å². The molecule has 369 valence electrons. The minimum Gasteiger partial charge on any atom is -0.498 e. The van der Waals surface area contributed by atoms with Crippen molar-refractivity contribution in [2.75, 3.05) is 0 Å². The number of fused-ring (bicyclic) bond motifs is 6. The topological polar surface area (TPSA) is 67.6 Å². The molecule has 0 fully saturated rings. The second-order valence-electron chi connectivity index (χ2n) is 25.5. The molecule has 9 aromatic rings. The van der Waals surface area contributed by atoms with Gasteiger partial charge in [-0.05, 0) is 96.5 Å². The fourth-order valence-electron chi connectivity index (χ4n) is 9.27. The second kappa shape index (κ2) is 18.6. The van der Waals surface area contributed by atoms with Gasteiger partial charge in [0, 0.05) is 48.7 Å². The van der Waals surface area contributed by atoms with Gasteiger partial charge in [0.25, 0.3) is 0 Å². The molecule has 4 aromatic heterocycles. The van der Waals surface area contributed by atoms with Crippen LogP contribution in [-0.4, -0.2) is 14.5 Å². The predicted octanol–water partition coefficient (Wildman–Crippen LogP) is 17.7. The maximum atomic E-state index is 10.7. The fraction of sp³-hybridized carbons (Fsp3) is 0.369. The van der Waals surface area contributed by atoms with Crippen LogP contribution in [0.3, 0.4) is 0 Å². The van der Waals surface area contributed by atoms with Crippen molar-refractivity contribution in [1.29, 1.82) is 5.26 Å². The van der Waals surface area contributed by atoms with Crippen LogP contribution in [0.4, 0.5) is 0 Å². The van der Waals surface area contributed by atoms with Crippen LogP contribution in [-0.2, 0) is 52.6 Å². The molecule has 0 amide bonds. The molecule has 0 saturated carbocycles. The van der Waals surface area contributed by atoms with E-state index in [2.05, 4.69) is 237 Å². The van der Waals surface area contributed by atoms with Crippen LogP contribution in [0.25, 0.3) is 71.9 Å². The minimum absolute atomic E-state index is 0. The van der Waals surface area contributed by atoms with E-state index in [1.807, 2.05) is 24.5 Å². The van der Waals surface area contributed by atoms with Crippen LogP contribution < -0.4 is 0 Å². The minimum atomic E-state index is -0.184. The van der Waals surface area contributed by atoms with Gasteiger partial charge in [0.2, 0.25) is 0 Å². The summed E-state index contributed by atoms with van der Waals surface area (Å²) in [6.45, 7) is 40.1. The first kappa shape index (κ1) is 53.0. The Hall–Kier alpha value is -5.86. The molecule has 0 aliphatic rings. The van der Waals surface area contributed by atoms with Crippen molar-refractivity contribution < 1.29 is 24.5 Å². The number of nitrogens with zero attached hydrogens (tertiary/aromatic N) is 4. The number of hydrogen-bond donors (Lipinski definition) is 0. The van der Waals surface area contributed by atoms with Crippen LogP contribution in [0.5, 0.6) is 0 Å². The summed E-state index contributed by atoms with van der Waals surface area (Å²) in [7, 11) is 0. The Balaban J connectivity index is 0.000000296. The summed E-state index contributed by atoms with van der Waals surface area (Å²) in [5.41, 5.74) is 16.0. The van der Waals surface area contributed by atoms with Crippen molar-refractivity contribution in [3.63, 3.8) is 0 Å². The molecule has 1 radical (unpaired) electrons. The van der Waals surface area contributed by atoms with Gasteiger partial charge in [-0.3, -0.25) is 0 Å². The average Bonchev–Trinajstić information content (AvgIpc) is 3.82. The molecule has 0 saturated heterocycles. The van der Waals surface area contributed by atoms with Crippen LogP contribution in [0.2, 0.25) is 0 Å². The average molecular weight is 1120 g/mol. The summed E-state index contributed by atoms with van der Waals surface area (Å²) in [6, 6.07) is 44.0. The Morgan fingerprint density at radius 3 is 1.68 bits per heavy atom. The number of rotatable bonds is 3. The summed E-state index contributed by atoms with van der Waals surface area (Å²) in [6.07, 6.45) is 3.86. The Labute approximate surface area is 437 Å². The van der Waals surface area contributed by atoms with Crippen molar-refractivity contribution in [3.05, 3.63) is 161 Å². The first-order valence-electron chi connectivity index (χ1n) is 24.9. The largest absolute Gasteiger partial charge is 0.498 e. The van der Waals surface area contributed by atoms with E-state index in [1.54, 1.807) is 0 Å². The van der Waals surface area contributed by atoms with Crippen LogP contribution in [0, 0.1) is 23.5 Å². The zero-order chi connectivity index (χ0) is 51.1. The van der Waals surface area contributed by atoms with Crippen molar-refractivity contribution in [2.24, 2.45) is 0 Å². The molecule has 0 aliphatic carbocycles. The van der Waals surface area contributed by atoms with Gasteiger partial charge in [0.1, 0.15) is 17.3 Å². The Morgan fingerprint density at radius 1 is 0.507 bits per heavy atom. The molecule has 0 unspecified atom stereocenters. The zero-order valence-corrected chi connectivity index (χ0v) is 47.8. The number of benzene rings is 5. The summed E-state index contributed by atoms with van der Waals surface area (Å²) in [5.74, 6) is 0. The third-order valence-corrected chi connectivity index (χ3v) is 13.8. The third-order valence-electron chi connectivity index (χ3n) is 13.8. The molecule has 0 aliphatic heterocycles. The van der Waals surface area contributed by atoms with Crippen molar-refractivity contribution in [2.45, 2.75) is 157 Å². The first-order valence-corrected chi connectivity index (χ1v) is 24.9. The van der Waals surface area contributed by atoms with Crippen LogP contribution in [0.1, 0.15) is 164 Å². The van der Waals surface area contributed by atoms with Crippen LogP contribution in [0.15, 0.2) is 114 Å². The molecule has 9 rings (SSSR count). The summed E-state index contributed by atoms with van der Waals surface area (Å²) in [5, 5.41) is 15.1. The van der Waals surface area contributed by atoms with E-state index >= 15 is 0 Å². The van der Waals surface area contributed by atoms with E-state index in [1.165, 1.54) is 27.8 Å². The Bertz CT molecular complexity index is 3480. The molecule has 0 atom stereocenters. The van der Waals surface area contributed by atoms with Gasteiger partial charge in [-0.1, -0.05) is 178 Å². The molecule has 0 N–H and O–H groups in total. The SMILES string of the molecule is CC(C)(C)c1ccc(-c2[c-]ccc(C(C)(C)C)c2)nc1.CC(C)(C)c1ccnc(-c2[c-]cc(C(C)(C)C)c3c2oc2c(-n4c5ccc(C(C)(C)C)cc5c5ccc(C(C)(C)C)cc54)c(C#N)ccc23)c1.[Ir]. The van der Waals surface area contributed by atoms with E-state index in [4.69, 9.17) is 9.40 Å². The van der Waals surface area contributed by atoms with E-state index in [9.17, 15) is 5.26 Å². The van der Waals surface area contributed by atoms with Gasteiger partial charge in [0.05, 0.1) is 22.2 Å². The molecule has 4 heterocycles. The standard InChI is InChI=1S/C46H48N3O.C19H24N.Ir/c1-43(2,3)28-15-20-37-34(23-28)31-17-14-29(44(4,5)6)25-38(31)49(37)40-27(26-47)13-16-33-39-35(46(10,11)12)19-18-32(41(39)50-42(33)40)36-24-30(21-22-48-36)45(7,8)9;1-18(2,3)15-9-7-8-14(12-15)17-11-10-16(13-20-17)19(4,5)6;/h13-17,19-25H,1-12H3;7,9-13H,1-6H3;/q2*-1;. The number of furan rings is 1. The molecule has 0 bridgehead atoms. The van der Waals surface area contributed by atoms with Gasteiger partial charge in [-0.15, -0.1) is 53.1 Å². The second-order valence-corrected chi connectivity index (χ2v) is 25.5. The number of pyridine rings is 2. The monoisotopic (exact) mass is 1120 g/mol. The predicted molar refractivity (Wildman–Crippen MR) is 296 cm³/mol. The smallest absolute Gasteiger partial charge is 0.146 e. The normalized spacial score (nSPS) is 12.8. The Morgan fingerprint density at radius 2 is 1.08 bits per heavy atom. The fourth-order valence-corrected chi connectivity index (χ4v) is 9.27. The molecule has 5 aromatic carbocycles. The number of nitriles is 1. The van der Waals surface area contributed by atoms with Gasteiger partial charge >= 0.3 is 0 Å². The molecule has 5 nitrogen and oxygen atoms in total.